The Hall–Kier alpha value is -3.00. The van der Waals surface area contributed by atoms with Gasteiger partial charge in [-0.05, 0) is 42.8 Å². The number of benzene rings is 2. The maximum Gasteiger partial charge on any atom is 0.335 e. The van der Waals surface area contributed by atoms with Crippen molar-refractivity contribution >= 4 is 18.6 Å². The van der Waals surface area contributed by atoms with E-state index in [9.17, 15) is 4.79 Å². The molecule has 4 rings (SSSR count). The van der Waals surface area contributed by atoms with Crippen molar-refractivity contribution in [2.45, 2.75) is 18.7 Å². The summed E-state index contributed by atoms with van der Waals surface area (Å²) in [6.45, 7) is 2.89. The highest BCUT2D eigenvalue weighted by molar-refractivity contribution is 7.80. The van der Waals surface area contributed by atoms with Gasteiger partial charge in [-0.15, -0.1) is 10.2 Å². The lowest BCUT2D eigenvalue weighted by atomic mass is 10.1. The molecule has 0 aliphatic carbocycles. The predicted octanol–water partition coefficient (Wildman–Crippen LogP) is 3.41. The van der Waals surface area contributed by atoms with Gasteiger partial charge in [0.25, 0.3) is 0 Å². The third kappa shape index (κ3) is 3.12. The molecule has 1 N–H and O–H groups in total. The molecule has 7 nitrogen and oxygen atoms in total. The van der Waals surface area contributed by atoms with Gasteiger partial charge in [-0.25, -0.2) is 4.79 Å². The van der Waals surface area contributed by atoms with Gasteiger partial charge in [0.15, 0.2) is 23.1 Å². The van der Waals surface area contributed by atoms with Crippen molar-refractivity contribution in [3.05, 3.63) is 59.4 Å². The molecular formula is C19H17N3O4S. The Morgan fingerprint density at radius 3 is 2.63 bits per heavy atom. The van der Waals surface area contributed by atoms with Crippen LogP contribution >= 0.6 is 12.6 Å². The molecule has 138 valence electrons. The first-order valence-corrected chi connectivity index (χ1v) is 8.94. The number of hydrogen-bond acceptors (Lipinski definition) is 6. The van der Waals surface area contributed by atoms with Crippen LogP contribution < -0.4 is 9.47 Å². The van der Waals surface area contributed by atoms with Crippen molar-refractivity contribution in [3.63, 3.8) is 0 Å². The molecule has 0 amide bonds. The van der Waals surface area contributed by atoms with Crippen LogP contribution in [0.4, 0.5) is 0 Å². The van der Waals surface area contributed by atoms with E-state index in [2.05, 4.69) is 10.2 Å². The van der Waals surface area contributed by atoms with Crippen molar-refractivity contribution < 1.29 is 19.4 Å². The van der Waals surface area contributed by atoms with Crippen molar-refractivity contribution in [2.24, 2.45) is 0 Å². The minimum atomic E-state index is -0.959. The standard InChI is InChI=1S/C19H17N3O4S/c1-2-22-17(13-7-8-14-15(9-13)26-10-25-14)20-21-18(22)16(27)11-3-5-12(6-4-11)19(23)24/h3-9,16,27H,2,10H2,1H3,(H,23,24). The lowest BCUT2D eigenvalue weighted by Crippen LogP contribution is -2.07. The quantitative estimate of drug-likeness (QED) is 0.657. The van der Waals surface area contributed by atoms with Gasteiger partial charge in [0.05, 0.1) is 10.8 Å². The first kappa shape index (κ1) is 17.4. The molecule has 1 atom stereocenters. The third-order valence-electron chi connectivity index (χ3n) is 4.44. The molecule has 8 heteroatoms. The van der Waals surface area contributed by atoms with Gasteiger partial charge in [-0.2, -0.15) is 12.6 Å². The van der Waals surface area contributed by atoms with Crippen LogP contribution in [0.15, 0.2) is 42.5 Å². The van der Waals surface area contributed by atoms with E-state index >= 15 is 0 Å². The fourth-order valence-electron chi connectivity index (χ4n) is 3.04. The number of carboxylic acid groups (broad SMARTS) is 1. The second kappa shape index (κ2) is 6.96. The molecule has 1 aliphatic heterocycles. The number of carbonyl (C=O) groups is 1. The van der Waals surface area contributed by atoms with E-state index in [0.717, 1.165) is 11.1 Å². The second-order valence-corrected chi connectivity index (χ2v) is 6.54. The zero-order valence-electron chi connectivity index (χ0n) is 14.5. The fraction of sp³-hybridized carbons (Fsp3) is 0.211. The first-order valence-electron chi connectivity index (χ1n) is 8.43. The molecular weight excluding hydrogens is 366 g/mol. The Balaban J connectivity index is 1.69. The molecule has 0 saturated heterocycles. The number of aromatic nitrogens is 3. The molecule has 2 heterocycles. The highest BCUT2D eigenvalue weighted by Crippen LogP contribution is 2.36. The van der Waals surface area contributed by atoms with E-state index in [1.807, 2.05) is 29.7 Å². The molecule has 1 aliphatic rings. The number of nitrogens with zero attached hydrogens (tertiary/aromatic N) is 3. The van der Waals surface area contributed by atoms with Crippen LogP contribution in [0, 0.1) is 0 Å². The maximum absolute atomic E-state index is 11.0. The summed E-state index contributed by atoms with van der Waals surface area (Å²) in [6, 6.07) is 12.3. The van der Waals surface area contributed by atoms with Gasteiger partial charge >= 0.3 is 5.97 Å². The Morgan fingerprint density at radius 2 is 1.93 bits per heavy atom. The van der Waals surface area contributed by atoms with E-state index in [1.54, 1.807) is 24.3 Å². The highest BCUT2D eigenvalue weighted by Gasteiger charge is 2.22. The third-order valence-corrected chi connectivity index (χ3v) is 4.97. The van der Waals surface area contributed by atoms with E-state index in [-0.39, 0.29) is 17.6 Å². The van der Waals surface area contributed by atoms with Crippen molar-refractivity contribution in [2.75, 3.05) is 6.79 Å². The summed E-state index contributed by atoms with van der Waals surface area (Å²) in [6.07, 6.45) is 0. The van der Waals surface area contributed by atoms with Crippen LogP contribution in [0.3, 0.4) is 0 Å². The van der Waals surface area contributed by atoms with E-state index in [0.29, 0.717) is 29.7 Å². The summed E-state index contributed by atoms with van der Waals surface area (Å²) in [7, 11) is 0. The largest absolute Gasteiger partial charge is 0.478 e. The normalized spacial score (nSPS) is 13.6. The van der Waals surface area contributed by atoms with Crippen molar-refractivity contribution in [1.82, 2.24) is 14.8 Å². The van der Waals surface area contributed by atoms with Gasteiger partial charge in [0.1, 0.15) is 0 Å². The lowest BCUT2D eigenvalue weighted by Gasteiger charge is -2.13. The van der Waals surface area contributed by atoms with E-state index in [1.165, 1.54) is 0 Å². The molecule has 2 aromatic carbocycles. The molecule has 1 unspecified atom stereocenters. The molecule has 0 saturated carbocycles. The average molecular weight is 383 g/mol. The van der Waals surface area contributed by atoms with Crippen molar-refractivity contribution in [3.8, 4) is 22.9 Å². The van der Waals surface area contributed by atoms with E-state index < -0.39 is 5.97 Å². The number of aromatic carboxylic acids is 1. The average Bonchev–Trinajstić information content (AvgIpc) is 3.33. The minimum Gasteiger partial charge on any atom is -0.478 e. The highest BCUT2D eigenvalue weighted by atomic mass is 32.1. The summed E-state index contributed by atoms with van der Waals surface area (Å²) >= 11 is 4.69. The molecule has 0 bridgehead atoms. The maximum atomic E-state index is 11.0. The zero-order chi connectivity index (χ0) is 19.0. The summed E-state index contributed by atoms with van der Waals surface area (Å²) < 4.78 is 12.8. The SMILES string of the molecule is CCn1c(-c2ccc3c(c2)OCO3)nnc1C(S)c1ccc(C(=O)O)cc1. The molecule has 0 fully saturated rings. The molecule has 27 heavy (non-hydrogen) atoms. The summed E-state index contributed by atoms with van der Waals surface area (Å²) in [5.74, 6) is 1.85. The van der Waals surface area contributed by atoms with Crippen LogP contribution in [0.5, 0.6) is 11.5 Å². The number of hydrogen-bond donors (Lipinski definition) is 2. The van der Waals surface area contributed by atoms with Crippen LogP contribution in [-0.2, 0) is 6.54 Å². The topological polar surface area (TPSA) is 86.5 Å². The van der Waals surface area contributed by atoms with E-state index in [4.69, 9.17) is 27.2 Å². The Bertz CT molecular complexity index is 1000. The van der Waals surface area contributed by atoms with Crippen molar-refractivity contribution in [1.29, 1.82) is 0 Å². The minimum absolute atomic E-state index is 0.218. The van der Waals surface area contributed by atoms with Crippen LogP contribution in [0.2, 0.25) is 0 Å². The second-order valence-electron chi connectivity index (χ2n) is 6.02. The zero-order valence-corrected chi connectivity index (χ0v) is 15.4. The van der Waals surface area contributed by atoms with Gasteiger partial charge in [-0.3, -0.25) is 0 Å². The summed E-state index contributed by atoms with van der Waals surface area (Å²) in [4.78, 5) is 11.0. The fourth-order valence-corrected chi connectivity index (χ4v) is 3.40. The van der Waals surface area contributed by atoms with Gasteiger partial charge < -0.3 is 19.1 Å². The van der Waals surface area contributed by atoms with Gasteiger partial charge in [0.2, 0.25) is 6.79 Å². The number of rotatable bonds is 5. The van der Waals surface area contributed by atoms with Gasteiger partial charge in [-0.1, -0.05) is 12.1 Å². The molecule has 1 aromatic heterocycles. The Labute approximate surface area is 161 Å². The van der Waals surface area contributed by atoms with Crippen LogP contribution in [0.25, 0.3) is 11.4 Å². The number of ether oxygens (including phenoxy) is 2. The summed E-state index contributed by atoms with van der Waals surface area (Å²) in [5, 5.41) is 17.4. The van der Waals surface area contributed by atoms with Gasteiger partial charge in [0, 0.05) is 12.1 Å². The molecule has 0 spiro atoms. The first-order chi connectivity index (χ1) is 13.1. The predicted molar refractivity (Wildman–Crippen MR) is 101 cm³/mol. The molecule has 0 radical (unpaired) electrons. The number of carboxylic acids is 1. The monoisotopic (exact) mass is 383 g/mol. The van der Waals surface area contributed by atoms with Crippen LogP contribution in [-0.4, -0.2) is 32.6 Å². The lowest BCUT2D eigenvalue weighted by molar-refractivity contribution is 0.0697. The Morgan fingerprint density at radius 1 is 1.19 bits per heavy atom. The summed E-state index contributed by atoms with van der Waals surface area (Å²) in [5.41, 5.74) is 1.96. The number of fused-ring (bicyclic) bond motifs is 1. The van der Waals surface area contributed by atoms with Crippen LogP contribution in [0.1, 0.15) is 33.9 Å². The Kier molecular flexibility index (Phi) is 4.49. The smallest absolute Gasteiger partial charge is 0.335 e. The molecule has 3 aromatic rings. The number of thiol groups is 1.